The van der Waals surface area contributed by atoms with Crippen LogP contribution in [0.1, 0.15) is 22.8 Å². The van der Waals surface area contributed by atoms with Crippen LogP contribution in [0.2, 0.25) is 0 Å². The second-order valence-corrected chi connectivity index (χ2v) is 5.31. The molecule has 1 atom stereocenters. The molecule has 5 heteroatoms. The van der Waals surface area contributed by atoms with Gasteiger partial charge in [0.25, 0.3) is 5.91 Å². The molecule has 0 saturated heterocycles. The molecule has 23 heavy (non-hydrogen) atoms. The molecule has 0 spiro atoms. The first-order valence-corrected chi connectivity index (χ1v) is 7.42. The zero-order valence-electron chi connectivity index (χ0n) is 13.0. The minimum absolute atomic E-state index is 0.161. The van der Waals surface area contributed by atoms with Crippen LogP contribution in [0, 0.1) is 0 Å². The Balaban J connectivity index is 1.83. The standard InChI is InChI=1S/C18H20N2O3/c1-13(21)20-16-9-7-15(8-10-16)18(23)19-12-17(22)11-14-5-3-2-4-6-14/h2-10,17,22H,11-12H2,1H3,(H,19,23)(H,20,21). The second-order valence-electron chi connectivity index (χ2n) is 5.31. The average molecular weight is 312 g/mol. The van der Waals surface area contributed by atoms with Gasteiger partial charge in [0.1, 0.15) is 0 Å². The van der Waals surface area contributed by atoms with Crippen LogP contribution in [0.15, 0.2) is 54.6 Å². The lowest BCUT2D eigenvalue weighted by Gasteiger charge is -2.12. The average Bonchev–Trinajstić information content (AvgIpc) is 2.54. The van der Waals surface area contributed by atoms with E-state index in [1.54, 1.807) is 24.3 Å². The third kappa shape index (κ3) is 5.56. The van der Waals surface area contributed by atoms with E-state index in [0.29, 0.717) is 17.7 Å². The fraction of sp³-hybridized carbons (Fsp3) is 0.222. The Kier molecular flexibility index (Phi) is 5.88. The monoisotopic (exact) mass is 312 g/mol. The Labute approximate surface area is 135 Å². The maximum atomic E-state index is 12.0. The first-order valence-electron chi connectivity index (χ1n) is 7.42. The highest BCUT2D eigenvalue weighted by Gasteiger charge is 2.10. The van der Waals surface area contributed by atoms with Gasteiger partial charge in [-0.15, -0.1) is 0 Å². The molecule has 2 amide bonds. The minimum Gasteiger partial charge on any atom is -0.391 e. The lowest BCUT2D eigenvalue weighted by atomic mass is 10.1. The molecule has 0 bridgehead atoms. The maximum absolute atomic E-state index is 12.0. The highest BCUT2D eigenvalue weighted by Crippen LogP contribution is 2.09. The van der Waals surface area contributed by atoms with Crippen molar-refractivity contribution in [2.75, 3.05) is 11.9 Å². The quantitative estimate of drug-likeness (QED) is 0.763. The molecule has 0 aliphatic heterocycles. The summed E-state index contributed by atoms with van der Waals surface area (Å²) < 4.78 is 0. The Morgan fingerprint density at radius 3 is 2.30 bits per heavy atom. The summed E-state index contributed by atoms with van der Waals surface area (Å²) in [7, 11) is 0. The number of carbonyl (C=O) groups excluding carboxylic acids is 2. The normalized spacial score (nSPS) is 11.6. The van der Waals surface area contributed by atoms with E-state index in [-0.39, 0.29) is 18.4 Å². The molecule has 0 saturated carbocycles. The Morgan fingerprint density at radius 1 is 1.04 bits per heavy atom. The molecule has 0 aliphatic rings. The van der Waals surface area contributed by atoms with Crippen LogP contribution in [-0.4, -0.2) is 29.6 Å². The van der Waals surface area contributed by atoms with Crippen LogP contribution in [0.3, 0.4) is 0 Å². The van der Waals surface area contributed by atoms with Gasteiger partial charge < -0.3 is 15.7 Å². The third-order valence-electron chi connectivity index (χ3n) is 3.28. The molecule has 0 fully saturated rings. The first kappa shape index (κ1) is 16.7. The zero-order valence-corrected chi connectivity index (χ0v) is 13.0. The van der Waals surface area contributed by atoms with Crippen molar-refractivity contribution in [1.82, 2.24) is 5.32 Å². The smallest absolute Gasteiger partial charge is 0.251 e. The Hall–Kier alpha value is -2.66. The van der Waals surface area contributed by atoms with Gasteiger partial charge in [-0.2, -0.15) is 0 Å². The van der Waals surface area contributed by atoms with E-state index in [1.165, 1.54) is 6.92 Å². The van der Waals surface area contributed by atoms with E-state index < -0.39 is 6.10 Å². The van der Waals surface area contributed by atoms with E-state index in [0.717, 1.165) is 5.56 Å². The first-order chi connectivity index (χ1) is 11.0. The topological polar surface area (TPSA) is 78.4 Å². The summed E-state index contributed by atoms with van der Waals surface area (Å²) >= 11 is 0. The van der Waals surface area contributed by atoms with Crippen molar-refractivity contribution in [1.29, 1.82) is 0 Å². The van der Waals surface area contributed by atoms with Gasteiger partial charge in [0.15, 0.2) is 0 Å². The predicted molar refractivity (Wildman–Crippen MR) is 89.2 cm³/mol. The van der Waals surface area contributed by atoms with Crippen LogP contribution in [0.25, 0.3) is 0 Å². The highest BCUT2D eigenvalue weighted by atomic mass is 16.3. The van der Waals surface area contributed by atoms with Gasteiger partial charge in [-0.3, -0.25) is 9.59 Å². The van der Waals surface area contributed by atoms with Gasteiger partial charge >= 0.3 is 0 Å². The van der Waals surface area contributed by atoms with E-state index in [2.05, 4.69) is 10.6 Å². The summed E-state index contributed by atoms with van der Waals surface area (Å²) in [6.45, 7) is 1.61. The maximum Gasteiger partial charge on any atom is 0.251 e. The van der Waals surface area contributed by atoms with Crippen molar-refractivity contribution >= 4 is 17.5 Å². The van der Waals surface area contributed by atoms with E-state index in [9.17, 15) is 14.7 Å². The van der Waals surface area contributed by atoms with Gasteiger partial charge in [-0.05, 0) is 29.8 Å². The molecule has 0 aromatic heterocycles. The lowest BCUT2D eigenvalue weighted by Crippen LogP contribution is -2.33. The zero-order chi connectivity index (χ0) is 16.7. The number of hydrogen-bond donors (Lipinski definition) is 3. The summed E-state index contributed by atoms with van der Waals surface area (Å²) in [6, 6.07) is 16.2. The van der Waals surface area contributed by atoms with Crippen LogP contribution in [0.4, 0.5) is 5.69 Å². The number of amides is 2. The van der Waals surface area contributed by atoms with Gasteiger partial charge in [0.05, 0.1) is 6.10 Å². The van der Waals surface area contributed by atoms with Crippen molar-refractivity contribution < 1.29 is 14.7 Å². The van der Waals surface area contributed by atoms with Gasteiger partial charge in [0, 0.05) is 31.1 Å². The number of carbonyl (C=O) groups is 2. The van der Waals surface area contributed by atoms with Gasteiger partial charge in [0.2, 0.25) is 5.91 Å². The lowest BCUT2D eigenvalue weighted by molar-refractivity contribution is -0.114. The number of aliphatic hydroxyl groups excluding tert-OH is 1. The molecule has 5 nitrogen and oxygen atoms in total. The van der Waals surface area contributed by atoms with Crippen LogP contribution < -0.4 is 10.6 Å². The Bertz CT molecular complexity index is 654. The number of hydrogen-bond acceptors (Lipinski definition) is 3. The fourth-order valence-corrected chi connectivity index (χ4v) is 2.18. The summed E-state index contributed by atoms with van der Waals surface area (Å²) in [5.74, 6) is -0.419. The number of rotatable bonds is 6. The third-order valence-corrected chi connectivity index (χ3v) is 3.28. The molecule has 2 aromatic carbocycles. The van der Waals surface area contributed by atoms with Crippen LogP contribution >= 0.6 is 0 Å². The van der Waals surface area contributed by atoms with Crippen molar-refractivity contribution in [3.8, 4) is 0 Å². The van der Waals surface area contributed by atoms with Gasteiger partial charge in [-0.1, -0.05) is 30.3 Å². The molecular weight excluding hydrogens is 292 g/mol. The highest BCUT2D eigenvalue weighted by molar-refractivity contribution is 5.95. The number of anilines is 1. The number of aliphatic hydroxyl groups is 1. The molecule has 0 radical (unpaired) electrons. The minimum atomic E-state index is -0.639. The van der Waals surface area contributed by atoms with Crippen LogP contribution in [0.5, 0.6) is 0 Å². The number of nitrogens with one attached hydrogen (secondary N) is 2. The SMILES string of the molecule is CC(=O)Nc1ccc(C(=O)NCC(O)Cc2ccccc2)cc1. The molecule has 2 aromatic rings. The summed E-state index contributed by atoms with van der Waals surface area (Å²) in [6.07, 6.45) is -0.150. The molecule has 120 valence electrons. The molecule has 0 heterocycles. The molecule has 2 rings (SSSR count). The van der Waals surface area contributed by atoms with Gasteiger partial charge in [-0.25, -0.2) is 0 Å². The second kappa shape index (κ2) is 8.10. The summed E-state index contributed by atoms with van der Waals surface area (Å²) in [4.78, 5) is 23.0. The van der Waals surface area contributed by atoms with E-state index in [4.69, 9.17) is 0 Å². The molecule has 0 aliphatic carbocycles. The van der Waals surface area contributed by atoms with Crippen molar-refractivity contribution in [3.05, 3.63) is 65.7 Å². The van der Waals surface area contributed by atoms with Crippen molar-refractivity contribution in [2.45, 2.75) is 19.4 Å². The molecular formula is C18H20N2O3. The fourth-order valence-electron chi connectivity index (χ4n) is 2.18. The summed E-state index contributed by atoms with van der Waals surface area (Å²) in [5, 5.41) is 15.3. The van der Waals surface area contributed by atoms with E-state index in [1.807, 2.05) is 30.3 Å². The number of benzene rings is 2. The largest absolute Gasteiger partial charge is 0.391 e. The molecule has 1 unspecified atom stereocenters. The predicted octanol–water partition coefficient (Wildman–Crippen LogP) is 1.98. The van der Waals surface area contributed by atoms with Crippen molar-refractivity contribution in [2.24, 2.45) is 0 Å². The van der Waals surface area contributed by atoms with Crippen molar-refractivity contribution in [3.63, 3.8) is 0 Å². The Morgan fingerprint density at radius 2 is 1.70 bits per heavy atom. The van der Waals surface area contributed by atoms with E-state index >= 15 is 0 Å². The van der Waals surface area contributed by atoms with Crippen LogP contribution in [-0.2, 0) is 11.2 Å². The molecule has 3 N–H and O–H groups in total. The summed E-state index contributed by atoms with van der Waals surface area (Å²) in [5.41, 5.74) is 2.14.